The van der Waals surface area contributed by atoms with Crippen LogP contribution in [-0.4, -0.2) is 50.5 Å². The fourth-order valence-electron chi connectivity index (χ4n) is 3.68. The van der Waals surface area contributed by atoms with Gasteiger partial charge >= 0.3 is 0 Å². The quantitative estimate of drug-likeness (QED) is 0.574. The highest BCUT2D eigenvalue weighted by atomic mass is 32.2. The van der Waals surface area contributed by atoms with Crippen LogP contribution in [0, 0.1) is 20.8 Å². The van der Waals surface area contributed by atoms with Gasteiger partial charge in [-0.25, -0.2) is 8.42 Å². The number of likely N-dealkylation sites (N-methyl/N-ethyl adjacent to an activating group) is 1. The molecule has 0 aliphatic rings. The minimum atomic E-state index is -3.74. The molecule has 2 aromatic carbocycles. The predicted molar refractivity (Wildman–Crippen MR) is 133 cm³/mol. The van der Waals surface area contributed by atoms with Crippen LogP contribution in [0.4, 0.5) is 5.69 Å². The molecule has 0 fully saturated rings. The van der Waals surface area contributed by atoms with Crippen LogP contribution in [0.5, 0.6) is 0 Å². The molecule has 0 heterocycles. The molecule has 0 radical (unpaired) electrons. The van der Waals surface area contributed by atoms with Crippen molar-refractivity contribution in [1.82, 2.24) is 10.2 Å². The van der Waals surface area contributed by atoms with Crippen LogP contribution in [0.3, 0.4) is 0 Å². The molecule has 1 unspecified atom stereocenters. The number of aryl methyl sites for hydroxylation is 3. The lowest BCUT2D eigenvalue weighted by atomic mass is 10.1. The SMILES string of the molecule is CCNC(=O)C(CC)N(Cc1ccc(C)cc1)C(=O)CN(c1cc(C)ccc1C)S(C)(=O)=O. The van der Waals surface area contributed by atoms with Crippen molar-refractivity contribution in [2.45, 2.75) is 53.6 Å². The average Bonchev–Trinajstić information content (AvgIpc) is 2.74. The number of anilines is 1. The molecular formula is C25H35N3O4S. The summed E-state index contributed by atoms with van der Waals surface area (Å²) in [4.78, 5) is 27.9. The summed E-state index contributed by atoms with van der Waals surface area (Å²) in [5, 5.41) is 2.79. The molecule has 0 saturated heterocycles. The maximum atomic E-state index is 13.6. The van der Waals surface area contributed by atoms with Gasteiger partial charge in [-0.2, -0.15) is 0 Å². The topological polar surface area (TPSA) is 86.8 Å². The summed E-state index contributed by atoms with van der Waals surface area (Å²) in [6, 6.07) is 12.5. The van der Waals surface area contributed by atoms with Crippen LogP contribution in [0.2, 0.25) is 0 Å². The lowest BCUT2D eigenvalue weighted by molar-refractivity contribution is -0.140. The third-order valence-corrected chi connectivity index (χ3v) is 6.65. The second-order valence-corrected chi connectivity index (χ2v) is 10.3. The van der Waals surface area contributed by atoms with Gasteiger partial charge in [0.2, 0.25) is 21.8 Å². The lowest BCUT2D eigenvalue weighted by Crippen LogP contribution is -2.52. The number of hydrogen-bond acceptors (Lipinski definition) is 4. The van der Waals surface area contributed by atoms with Crippen molar-refractivity contribution in [3.63, 3.8) is 0 Å². The number of nitrogens with zero attached hydrogens (tertiary/aromatic N) is 2. The van der Waals surface area contributed by atoms with Crippen molar-refractivity contribution in [1.29, 1.82) is 0 Å². The lowest BCUT2D eigenvalue weighted by Gasteiger charge is -2.33. The number of hydrogen-bond donors (Lipinski definition) is 1. The standard InChI is InChI=1S/C25H35N3O4S/c1-7-22(25(30)26-8-2)27(16-21-13-10-18(3)11-14-21)24(29)17-28(33(6,31)32)23-15-19(4)9-12-20(23)5/h9-15,22H,7-8,16-17H2,1-6H3,(H,26,30). The first-order valence-corrected chi connectivity index (χ1v) is 13.0. The highest BCUT2D eigenvalue weighted by Crippen LogP contribution is 2.25. The van der Waals surface area contributed by atoms with Crippen LogP contribution in [-0.2, 0) is 26.2 Å². The minimum absolute atomic E-state index is 0.207. The molecule has 2 aromatic rings. The van der Waals surface area contributed by atoms with Gasteiger partial charge in [-0.15, -0.1) is 0 Å². The van der Waals surface area contributed by atoms with Gasteiger partial charge < -0.3 is 10.2 Å². The van der Waals surface area contributed by atoms with Crippen molar-refractivity contribution >= 4 is 27.5 Å². The zero-order chi connectivity index (χ0) is 24.8. The highest BCUT2D eigenvalue weighted by molar-refractivity contribution is 7.92. The first-order chi connectivity index (χ1) is 15.5. The Balaban J connectivity index is 2.46. The summed E-state index contributed by atoms with van der Waals surface area (Å²) in [6.45, 7) is 9.59. The molecule has 0 saturated carbocycles. The van der Waals surface area contributed by atoms with E-state index in [0.717, 1.165) is 32.8 Å². The monoisotopic (exact) mass is 473 g/mol. The number of nitrogens with one attached hydrogen (secondary N) is 1. The summed E-state index contributed by atoms with van der Waals surface area (Å²) in [5.74, 6) is -0.682. The molecule has 33 heavy (non-hydrogen) atoms. The third-order valence-electron chi connectivity index (χ3n) is 5.52. The van der Waals surface area contributed by atoms with Crippen molar-refractivity contribution < 1.29 is 18.0 Å². The molecule has 2 rings (SSSR count). The maximum absolute atomic E-state index is 13.6. The van der Waals surface area contributed by atoms with Gasteiger partial charge in [0.05, 0.1) is 11.9 Å². The molecule has 7 nitrogen and oxygen atoms in total. The van der Waals surface area contributed by atoms with Crippen LogP contribution in [0.15, 0.2) is 42.5 Å². The molecule has 0 bridgehead atoms. The molecule has 180 valence electrons. The van der Waals surface area contributed by atoms with Gasteiger partial charge in [0.25, 0.3) is 0 Å². The zero-order valence-corrected chi connectivity index (χ0v) is 21.2. The minimum Gasteiger partial charge on any atom is -0.355 e. The number of amides is 2. The fourth-order valence-corrected chi connectivity index (χ4v) is 4.58. The Bertz CT molecular complexity index is 1080. The van der Waals surface area contributed by atoms with Gasteiger partial charge in [0.1, 0.15) is 12.6 Å². The van der Waals surface area contributed by atoms with Gasteiger partial charge in [-0.3, -0.25) is 13.9 Å². The highest BCUT2D eigenvalue weighted by Gasteiger charge is 2.31. The molecule has 0 aliphatic heterocycles. The van der Waals surface area contributed by atoms with Crippen molar-refractivity contribution in [3.05, 3.63) is 64.7 Å². The number of carbonyl (C=O) groups is 2. The van der Waals surface area contributed by atoms with Crippen molar-refractivity contribution in [2.24, 2.45) is 0 Å². The third kappa shape index (κ3) is 7.05. The molecule has 2 amide bonds. The van der Waals surface area contributed by atoms with E-state index in [-0.39, 0.29) is 19.0 Å². The largest absolute Gasteiger partial charge is 0.355 e. The normalized spacial score (nSPS) is 12.2. The summed E-state index contributed by atoms with van der Waals surface area (Å²) in [5.41, 5.74) is 4.06. The summed E-state index contributed by atoms with van der Waals surface area (Å²) >= 11 is 0. The van der Waals surface area contributed by atoms with E-state index in [4.69, 9.17) is 0 Å². The number of rotatable bonds is 10. The second-order valence-electron chi connectivity index (χ2n) is 8.39. The van der Waals surface area contributed by atoms with E-state index in [1.54, 1.807) is 6.07 Å². The zero-order valence-electron chi connectivity index (χ0n) is 20.4. The first kappa shape index (κ1) is 26.4. The molecule has 0 spiro atoms. The fraction of sp³-hybridized carbons (Fsp3) is 0.440. The van der Waals surface area contributed by atoms with Crippen LogP contribution >= 0.6 is 0 Å². The molecule has 1 atom stereocenters. The Hall–Kier alpha value is -2.87. The summed E-state index contributed by atoms with van der Waals surface area (Å²) < 4.78 is 26.5. The Kier molecular flexibility index (Phi) is 9.05. The van der Waals surface area contributed by atoms with E-state index in [0.29, 0.717) is 18.7 Å². The van der Waals surface area contributed by atoms with E-state index < -0.39 is 22.0 Å². The van der Waals surface area contributed by atoms with Gasteiger partial charge in [-0.05, 0) is 56.9 Å². The summed E-state index contributed by atoms with van der Waals surface area (Å²) in [7, 11) is -3.74. The molecular weight excluding hydrogens is 438 g/mol. The van der Waals surface area contributed by atoms with E-state index in [1.165, 1.54) is 4.90 Å². The molecule has 0 aliphatic carbocycles. The molecule has 0 aromatic heterocycles. The van der Waals surface area contributed by atoms with E-state index in [1.807, 2.05) is 71.0 Å². The van der Waals surface area contributed by atoms with Crippen LogP contribution in [0.1, 0.15) is 42.5 Å². The Morgan fingerprint density at radius 2 is 1.58 bits per heavy atom. The average molecular weight is 474 g/mol. The van der Waals surface area contributed by atoms with Crippen molar-refractivity contribution in [3.8, 4) is 0 Å². The van der Waals surface area contributed by atoms with E-state index >= 15 is 0 Å². The Morgan fingerprint density at radius 1 is 0.970 bits per heavy atom. The van der Waals surface area contributed by atoms with E-state index in [2.05, 4.69) is 5.32 Å². The Labute approximate surface area is 197 Å². The van der Waals surface area contributed by atoms with E-state index in [9.17, 15) is 18.0 Å². The van der Waals surface area contributed by atoms with Gasteiger partial charge in [0, 0.05) is 13.1 Å². The summed E-state index contributed by atoms with van der Waals surface area (Å²) in [6.07, 6.45) is 1.50. The van der Waals surface area contributed by atoms with Crippen molar-refractivity contribution in [2.75, 3.05) is 23.7 Å². The number of sulfonamides is 1. The molecule has 1 N–H and O–H groups in total. The maximum Gasteiger partial charge on any atom is 0.244 e. The predicted octanol–water partition coefficient (Wildman–Crippen LogP) is 3.32. The number of benzene rings is 2. The van der Waals surface area contributed by atoms with Gasteiger partial charge in [0.15, 0.2) is 0 Å². The van der Waals surface area contributed by atoms with Crippen LogP contribution < -0.4 is 9.62 Å². The smallest absolute Gasteiger partial charge is 0.244 e. The Morgan fingerprint density at radius 3 is 2.12 bits per heavy atom. The second kappa shape index (κ2) is 11.3. The number of carbonyl (C=O) groups excluding carboxylic acids is 2. The first-order valence-electron chi connectivity index (χ1n) is 11.2. The molecule has 8 heteroatoms. The van der Waals surface area contributed by atoms with Gasteiger partial charge in [-0.1, -0.05) is 48.9 Å². The van der Waals surface area contributed by atoms with Crippen LogP contribution in [0.25, 0.3) is 0 Å².